The number of aromatic nitrogens is 2. The third kappa shape index (κ3) is 3.08. The first kappa shape index (κ1) is 12.1. The lowest BCUT2D eigenvalue weighted by molar-refractivity contribution is 1.17. The highest BCUT2D eigenvalue weighted by molar-refractivity contribution is 6.33. The maximum atomic E-state index is 5.98. The SMILES string of the molecule is Cc1cc(C)cc(Nc2nc(Cl)ncc2Cl)c1. The molecule has 0 spiro atoms. The highest BCUT2D eigenvalue weighted by Gasteiger charge is 2.05. The second-order valence-electron chi connectivity index (χ2n) is 3.84. The third-order valence-electron chi connectivity index (χ3n) is 2.20. The Hall–Kier alpha value is -1.32. The number of nitrogens with one attached hydrogen (secondary N) is 1. The van der Waals surface area contributed by atoms with Gasteiger partial charge in [-0.3, -0.25) is 0 Å². The molecule has 0 aliphatic rings. The number of rotatable bonds is 2. The Balaban J connectivity index is 2.34. The first-order chi connectivity index (χ1) is 8.04. The fourth-order valence-corrected chi connectivity index (χ4v) is 1.89. The smallest absolute Gasteiger partial charge is 0.224 e. The lowest BCUT2D eigenvalue weighted by Gasteiger charge is -2.09. The summed E-state index contributed by atoms with van der Waals surface area (Å²) in [6.45, 7) is 4.07. The van der Waals surface area contributed by atoms with E-state index in [0.717, 1.165) is 5.69 Å². The molecule has 0 saturated carbocycles. The van der Waals surface area contributed by atoms with Crippen molar-refractivity contribution in [2.24, 2.45) is 0 Å². The van der Waals surface area contributed by atoms with Crippen molar-refractivity contribution in [2.45, 2.75) is 13.8 Å². The summed E-state index contributed by atoms with van der Waals surface area (Å²) in [6.07, 6.45) is 1.47. The molecule has 0 aliphatic heterocycles. The number of aryl methyl sites for hydroxylation is 2. The molecule has 0 saturated heterocycles. The molecule has 0 radical (unpaired) electrons. The van der Waals surface area contributed by atoms with Gasteiger partial charge in [-0.15, -0.1) is 0 Å². The molecular weight excluding hydrogens is 257 g/mol. The minimum atomic E-state index is 0.168. The van der Waals surface area contributed by atoms with Crippen LogP contribution >= 0.6 is 23.2 Å². The van der Waals surface area contributed by atoms with E-state index >= 15 is 0 Å². The van der Waals surface area contributed by atoms with Crippen molar-refractivity contribution >= 4 is 34.7 Å². The maximum absolute atomic E-state index is 5.98. The Morgan fingerprint density at radius 3 is 2.35 bits per heavy atom. The normalized spacial score (nSPS) is 10.4. The van der Waals surface area contributed by atoms with Gasteiger partial charge in [-0.2, -0.15) is 4.98 Å². The minimum absolute atomic E-state index is 0.168. The molecule has 0 unspecified atom stereocenters. The molecule has 17 heavy (non-hydrogen) atoms. The Bertz CT molecular complexity index is 535. The van der Waals surface area contributed by atoms with E-state index in [4.69, 9.17) is 23.2 Å². The second kappa shape index (κ2) is 4.90. The molecule has 0 fully saturated rings. The van der Waals surface area contributed by atoms with Gasteiger partial charge in [0.2, 0.25) is 5.28 Å². The van der Waals surface area contributed by atoms with Crippen LogP contribution in [0.3, 0.4) is 0 Å². The monoisotopic (exact) mass is 267 g/mol. The van der Waals surface area contributed by atoms with Gasteiger partial charge in [-0.25, -0.2) is 4.98 Å². The Morgan fingerprint density at radius 1 is 1.06 bits per heavy atom. The van der Waals surface area contributed by atoms with Crippen LogP contribution in [0.15, 0.2) is 24.4 Å². The highest BCUT2D eigenvalue weighted by Crippen LogP contribution is 2.24. The topological polar surface area (TPSA) is 37.8 Å². The molecule has 5 heteroatoms. The second-order valence-corrected chi connectivity index (χ2v) is 4.58. The minimum Gasteiger partial charge on any atom is -0.339 e. The Morgan fingerprint density at radius 2 is 1.71 bits per heavy atom. The molecule has 3 nitrogen and oxygen atoms in total. The quantitative estimate of drug-likeness (QED) is 0.831. The van der Waals surface area contributed by atoms with Crippen molar-refractivity contribution in [1.82, 2.24) is 9.97 Å². The summed E-state index contributed by atoms with van der Waals surface area (Å²) in [5.41, 5.74) is 3.27. The molecule has 1 heterocycles. The van der Waals surface area contributed by atoms with Crippen molar-refractivity contribution < 1.29 is 0 Å². The van der Waals surface area contributed by atoms with Gasteiger partial charge in [0.25, 0.3) is 0 Å². The van der Waals surface area contributed by atoms with Crippen LogP contribution in [0.4, 0.5) is 11.5 Å². The van der Waals surface area contributed by atoms with Crippen LogP contribution in [0.25, 0.3) is 0 Å². The lowest BCUT2D eigenvalue weighted by atomic mass is 10.1. The zero-order valence-corrected chi connectivity index (χ0v) is 11.0. The van der Waals surface area contributed by atoms with Crippen molar-refractivity contribution in [3.05, 3.63) is 45.8 Å². The fraction of sp³-hybridized carbons (Fsp3) is 0.167. The predicted octanol–water partition coefficient (Wildman–Crippen LogP) is 4.14. The number of benzene rings is 1. The first-order valence-corrected chi connectivity index (χ1v) is 5.83. The average molecular weight is 268 g/mol. The average Bonchev–Trinajstić information content (AvgIpc) is 2.22. The summed E-state index contributed by atoms with van der Waals surface area (Å²) < 4.78 is 0. The number of halogens is 2. The van der Waals surface area contributed by atoms with Gasteiger partial charge in [0, 0.05) is 5.69 Å². The Kier molecular flexibility index (Phi) is 3.50. The summed E-state index contributed by atoms with van der Waals surface area (Å²) in [4.78, 5) is 7.84. The summed E-state index contributed by atoms with van der Waals surface area (Å²) in [6, 6.07) is 6.12. The molecule has 88 valence electrons. The van der Waals surface area contributed by atoms with Gasteiger partial charge in [-0.1, -0.05) is 17.7 Å². The molecule has 0 atom stereocenters. The van der Waals surface area contributed by atoms with E-state index in [-0.39, 0.29) is 5.28 Å². The van der Waals surface area contributed by atoms with Crippen molar-refractivity contribution in [1.29, 1.82) is 0 Å². The lowest BCUT2D eigenvalue weighted by Crippen LogP contribution is -1.97. The van der Waals surface area contributed by atoms with Gasteiger partial charge in [0.15, 0.2) is 5.82 Å². The molecule has 1 aromatic carbocycles. The van der Waals surface area contributed by atoms with E-state index in [9.17, 15) is 0 Å². The summed E-state index contributed by atoms with van der Waals surface area (Å²) in [7, 11) is 0. The fourth-order valence-electron chi connectivity index (χ4n) is 1.62. The van der Waals surface area contributed by atoms with Crippen molar-refractivity contribution in [3.63, 3.8) is 0 Å². The molecule has 2 rings (SSSR count). The summed E-state index contributed by atoms with van der Waals surface area (Å²) in [5, 5.41) is 3.73. The molecule has 2 aromatic rings. The molecular formula is C12H11Cl2N3. The summed E-state index contributed by atoms with van der Waals surface area (Å²) in [5.74, 6) is 0.511. The van der Waals surface area contributed by atoms with Crippen LogP contribution < -0.4 is 5.32 Å². The van der Waals surface area contributed by atoms with E-state index in [0.29, 0.717) is 10.8 Å². The zero-order chi connectivity index (χ0) is 12.4. The van der Waals surface area contributed by atoms with Gasteiger partial charge in [0.05, 0.1) is 6.20 Å². The Labute approximate surface area is 110 Å². The maximum Gasteiger partial charge on any atom is 0.224 e. The van der Waals surface area contributed by atoms with Gasteiger partial charge in [0.1, 0.15) is 5.02 Å². The number of hydrogen-bond acceptors (Lipinski definition) is 3. The summed E-state index contributed by atoms with van der Waals surface area (Å²) >= 11 is 11.7. The largest absolute Gasteiger partial charge is 0.339 e. The van der Waals surface area contributed by atoms with Crippen molar-refractivity contribution in [3.8, 4) is 0 Å². The highest BCUT2D eigenvalue weighted by atomic mass is 35.5. The van der Waals surface area contributed by atoms with Gasteiger partial charge >= 0.3 is 0 Å². The predicted molar refractivity (Wildman–Crippen MR) is 71.3 cm³/mol. The van der Waals surface area contributed by atoms with Gasteiger partial charge in [-0.05, 0) is 48.7 Å². The van der Waals surface area contributed by atoms with E-state index in [1.807, 2.05) is 26.0 Å². The number of anilines is 2. The van der Waals surface area contributed by atoms with Crippen LogP contribution in [-0.2, 0) is 0 Å². The molecule has 1 aromatic heterocycles. The number of hydrogen-bond donors (Lipinski definition) is 1. The third-order valence-corrected chi connectivity index (χ3v) is 2.66. The molecule has 0 amide bonds. The molecule has 0 bridgehead atoms. The first-order valence-electron chi connectivity index (χ1n) is 5.08. The van der Waals surface area contributed by atoms with Crippen LogP contribution in [-0.4, -0.2) is 9.97 Å². The van der Waals surface area contributed by atoms with Crippen molar-refractivity contribution in [2.75, 3.05) is 5.32 Å². The molecule has 0 aliphatic carbocycles. The van der Waals surface area contributed by atoms with E-state index in [1.54, 1.807) is 0 Å². The van der Waals surface area contributed by atoms with E-state index in [1.165, 1.54) is 17.3 Å². The van der Waals surface area contributed by atoms with Crippen LogP contribution in [0.1, 0.15) is 11.1 Å². The van der Waals surface area contributed by atoms with Crippen LogP contribution in [0, 0.1) is 13.8 Å². The van der Waals surface area contributed by atoms with Gasteiger partial charge < -0.3 is 5.32 Å². The van der Waals surface area contributed by atoms with Crippen LogP contribution in [0.5, 0.6) is 0 Å². The van der Waals surface area contributed by atoms with E-state index < -0.39 is 0 Å². The van der Waals surface area contributed by atoms with Crippen LogP contribution in [0.2, 0.25) is 10.3 Å². The zero-order valence-electron chi connectivity index (χ0n) is 9.46. The standard InChI is InChI=1S/C12H11Cl2N3/c1-7-3-8(2)5-9(4-7)16-11-10(13)6-15-12(14)17-11/h3-6H,1-2H3,(H,15,16,17). The number of nitrogens with zero attached hydrogens (tertiary/aromatic N) is 2. The molecule has 1 N–H and O–H groups in total. The van der Waals surface area contributed by atoms with E-state index in [2.05, 4.69) is 21.4 Å².